The van der Waals surface area contributed by atoms with E-state index < -0.39 is 0 Å². The van der Waals surface area contributed by atoms with E-state index >= 15 is 0 Å². The van der Waals surface area contributed by atoms with Crippen LogP contribution in [0.15, 0.2) is 0 Å². The number of hydrogen-bond donors (Lipinski definition) is 2. The van der Waals surface area contributed by atoms with Crippen molar-refractivity contribution in [2.75, 3.05) is 13.2 Å². The summed E-state index contributed by atoms with van der Waals surface area (Å²) >= 11 is 0. The summed E-state index contributed by atoms with van der Waals surface area (Å²) in [5, 5.41) is 7.41. The Balaban J connectivity index is 1.75. The van der Waals surface area contributed by atoms with Crippen LogP contribution in [0.2, 0.25) is 0 Å². The van der Waals surface area contributed by atoms with E-state index in [4.69, 9.17) is 9.47 Å². The van der Waals surface area contributed by atoms with Gasteiger partial charge in [0.1, 0.15) is 0 Å². The maximum atomic E-state index is 6.17. The highest BCUT2D eigenvalue weighted by molar-refractivity contribution is 4.98. The summed E-state index contributed by atoms with van der Waals surface area (Å²) in [6.07, 6.45) is 4.88. The van der Waals surface area contributed by atoms with E-state index in [0.717, 1.165) is 25.7 Å². The molecule has 0 aromatic rings. The number of ether oxygens (including phenoxy) is 2. The van der Waals surface area contributed by atoms with Gasteiger partial charge in [0.15, 0.2) is 0 Å². The maximum Gasteiger partial charge on any atom is 0.0704 e. The normalized spacial score (nSPS) is 29.5. The van der Waals surface area contributed by atoms with E-state index in [0.29, 0.717) is 25.4 Å². The maximum absolute atomic E-state index is 6.17. The zero-order chi connectivity index (χ0) is 18.2. The molecule has 2 saturated heterocycles. The first kappa shape index (κ1) is 20.2. The van der Waals surface area contributed by atoms with Gasteiger partial charge < -0.3 is 20.1 Å². The first-order valence-electron chi connectivity index (χ1n) is 9.60. The minimum atomic E-state index is 0.135. The molecule has 0 amide bonds. The standard InChI is InChI=1S/C20H40N2O2/c1-17(2)11-15(12-18(3,4)21-17)23-9-10-24-16-13-19(5,6)22-20(7,8)14-16/h15-16,21-22H,9-14H2,1-8H3. The second kappa shape index (κ2) is 6.86. The zero-order valence-corrected chi connectivity index (χ0v) is 17.2. The number of rotatable bonds is 5. The van der Waals surface area contributed by atoms with Crippen LogP contribution in [-0.2, 0) is 9.47 Å². The molecular formula is C20H40N2O2. The van der Waals surface area contributed by atoms with Crippen LogP contribution >= 0.6 is 0 Å². The lowest BCUT2D eigenvalue weighted by Gasteiger charge is -2.47. The van der Waals surface area contributed by atoms with Crippen LogP contribution in [0.1, 0.15) is 81.1 Å². The molecule has 2 N–H and O–H groups in total. The Kier molecular flexibility index (Phi) is 5.76. The average molecular weight is 341 g/mol. The smallest absolute Gasteiger partial charge is 0.0704 e. The van der Waals surface area contributed by atoms with Gasteiger partial charge in [0.25, 0.3) is 0 Å². The van der Waals surface area contributed by atoms with Gasteiger partial charge in [-0.05, 0) is 81.1 Å². The molecule has 0 atom stereocenters. The van der Waals surface area contributed by atoms with Crippen LogP contribution < -0.4 is 10.6 Å². The highest BCUT2D eigenvalue weighted by Crippen LogP contribution is 2.31. The van der Waals surface area contributed by atoms with Crippen LogP contribution in [0, 0.1) is 0 Å². The number of nitrogens with one attached hydrogen (secondary N) is 2. The van der Waals surface area contributed by atoms with Crippen LogP contribution in [-0.4, -0.2) is 47.6 Å². The Morgan fingerprint density at radius 3 is 1.08 bits per heavy atom. The molecule has 0 unspecified atom stereocenters. The lowest BCUT2D eigenvalue weighted by molar-refractivity contribution is -0.0741. The minimum Gasteiger partial charge on any atom is -0.376 e. The Bertz CT molecular complexity index is 357. The summed E-state index contributed by atoms with van der Waals surface area (Å²) in [4.78, 5) is 0. The van der Waals surface area contributed by atoms with E-state index in [2.05, 4.69) is 66.0 Å². The summed E-state index contributed by atoms with van der Waals surface area (Å²) in [5.41, 5.74) is 0.541. The first-order chi connectivity index (χ1) is 10.8. The van der Waals surface area contributed by atoms with Gasteiger partial charge in [-0.25, -0.2) is 0 Å². The molecule has 2 aliphatic rings. The predicted octanol–water partition coefficient (Wildman–Crippen LogP) is 3.64. The lowest BCUT2D eigenvalue weighted by Crippen LogP contribution is -2.60. The molecule has 0 spiro atoms. The molecule has 2 rings (SSSR count). The molecule has 2 aliphatic heterocycles. The second-order valence-corrected chi connectivity index (χ2v) is 10.6. The van der Waals surface area contributed by atoms with E-state index in [1.54, 1.807) is 0 Å². The molecule has 2 fully saturated rings. The molecule has 0 aromatic carbocycles. The topological polar surface area (TPSA) is 42.5 Å². The predicted molar refractivity (Wildman–Crippen MR) is 101 cm³/mol. The monoisotopic (exact) mass is 340 g/mol. The van der Waals surface area contributed by atoms with Crippen LogP contribution in [0.3, 0.4) is 0 Å². The van der Waals surface area contributed by atoms with Crippen molar-refractivity contribution >= 4 is 0 Å². The quantitative estimate of drug-likeness (QED) is 0.750. The molecule has 0 bridgehead atoms. The van der Waals surface area contributed by atoms with Crippen LogP contribution in [0.4, 0.5) is 0 Å². The van der Waals surface area contributed by atoms with Crippen molar-refractivity contribution in [3.63, 3.8) is 0 Å². The minimum absolute atomic E-state index is 0.135. The summed E-state index contributed by atoms with van der Waals surface area (Å²) in [7, 11) is 0. The van der Waals surface area contributed by atoms with E-state index in [1.165, 1.54) is 0 Å². The third-order valence-electron chi connectivity index (χ3n) is 5.10. The third kappa shape index (κ3) is 6.29. The largest absolute Gasteiger partial charge is 0.376 e. The van der Waals surface area contributed by atoms with Crippen molar-refractivity contribution in [2.45, 2.75) is 115 Å². The summed E-state index contributed by atoms with van der Waals surface area (Å²) in [6.45, 7) is 19.5. The molecule has 0 saturated carbocycles. The van der Waals surface area contributed by atoms with Gasteiger partial charge >= 0.3 is 0 Å². The van der Waals surface area contributed by atoms with Gasteiger partial charge in [0.2, 0.25) is 0 Å². The van der Waals surface area contributed by atoms with Crippen molar-refractivity contribution in [3.05, 3.63) is 0 Å². The molecule has 0 aromatic heterocycles. The van der Waals surface area contributed by atoms with Crippen molar-refractivity contribution in [1.29, 1.82) is 0 Å². The molecular weight excluding hydrogens is 300 g/mol. The second-order valence-electron chi connectivity index (χ2n) is 10.6. The van der Waals surface area contributed by atoms with Crippen molar-refractivity contribution < 1.29 is 9.47 Å². The Morgan fingerprint density at radius 1 is 0.583 bits per heavy atom. The van der Waals surface area contributed by atoms with Gasteiger partial charge in [-0.2, -0.15) is 0 Å². The summed E-state index contributed by atoms with van der Waals surface area (Å²) in [5.74, 6) is 0. The third-order valence-corrected chi connectivity index (χ3v) is 5.10. The fraction of sp³-hybridized carbons (Fsp3) is 1.00. The highest BCUT2D eigenvalue weighted by Gasteiger charge is 2.39. The molecule has 2 heterocycles. The van der Waals surface area contributed by atoms with Gasteiger partial charge in [-0.3, -0.25) is 0 Å². The molecule has 142 valence electrons. The van der Waals surface area contributed by atoms with E-state index in [-0.39, 0.29) is 22.2 Å². The Hall–Kier alpha value is -0.160. The average Bonchev–Trinajstić information content (AvgIpc) is 2.26. The van der Waals surface area contributed by atoms with Gasteiger partial charge in [0.05, 0.1) is 25.4 Å². The van der Waals surface area contributed by atoms with Crippen molar-refractivity contribution in [1.82, 2.24) is 10.6 Å². The fourth-order valence-electron chi connectivity index (χ4n) is 5.12. The summed E-state index contributed by atoms with van der Waals surface area (Å²) < 4.78 is 12.3. The van der Waals surface area contributed by atoms with Crippen LogP contribution in [0.5, 0.6) is 0 Å². The molecule has 4 nitrogen and oxygen atoms in total. The number of piperidine rings is 2. The molecule has 0 aliphatic carbocycles. The van der Waals surface area contributed by atoms with E-state index in [9.17, 15) is 0 Å². The Labute approximate surface area is 149 Å². The lowest BCUT2D eigenvalue weighted by atomic mass is 9.81. The number of hydrogen-bond acceptors (Lipinski definition) is 4. The van der Waals surface area contributed by atoms with Gasteiger partial charge in [-0.15, -0.1) is 0 Å². The summed E-state index contributed by atoms with van der Waals surface area (Å²) in [6, 6.07) is 0. The van der Waals surface area contributed by atoms with Crippen molar-refractivity contribution in [2.24, 2.45) is 0 Å². The highest BCUT2D eigenvalue weighted by atomic mass is 16.5. The fourth-order valence-corrected chi connectivity index (χ4v) is 5.12. The Morgan fingerprint density at radius 2 is 0.833 bits per heavy atom. The van der Waals surface area contributed by atoms with Crippen LogP contribution in [0.25, 0.3) is 0 Å². The molecule has 24 heavy (non-hydrogen) atoms. The molecule has 4 heteroatoms. The molecule has 0 radical (unpaired) electrons. The first-order valence-corrected chi connectivity index (χ1v) is 9.60. The zero-order valence-electron chi connectivity index (χ0n) is 17.2. The van der Waals surface area contributed by atoms with E-state index in [1.807, 2.05) is 0 Å². The van der Waals surface area contributed by atoms with Gasteiger partial charge in [-0.1, -0.05) is 0 Å². The SMILES string of the molecule is CC1(C)CC(OCCOC2CC(C)(C)NC(C)(C)C2)CC(C)(C)N1. The van der Waals surface area contributed by atoms with Crippen molar-refractivity contribution in [3.8, 4) is 0 Å². The van der Waals surface area contributed by atoms with Gasteiger partial charge in [0, 0.05) is 22.2 Å².